The van der Waals surface area contributed by atoms with E-state index in [-0.39, 0.29) is 5.97 Å². The summed E-state index contributed by atoms with van der Waals surface area (Å²) in [4.78, 5) is 12.7. The van der Waals surface area contributed by atoms with Crippen LogP contribution < -0.4 is 5.73 Å². The zero-order chi connectivity index (χ0) is 13.7. The number of esters is 1. The van der Waals surface area contributed by atoms with Gasteiger partial charge in [-0.05, 0) is 35.9 Å². The smallest absolute Gasteiger partial charge is 0.323 e. The van der Waals surface area contributed by atoms with Gasteiger partial charge in [0.2, 0.25) is 0 Å². The first kappa shape index (κ1) is 13.8. The summed E-state index contributed by atoms with van der Waals surface area (Å²) in [7, 11) is 0. The van der Waals surface area contributed by atoms with E-state index >= 15 is 0 Å². The van der Waals surface area contributed by atoms with Crippen molar-refractivity contribution >= 4 is 17.3 Å². The summed E-state index contributed by atoms with van der Waals surface area (Å²) in [5, 5.41) is 2.06. The van der Waals surface area contributed by atoms with Crippen LogP contribution in [0.1, 0.15) is 12.5 Å². The molecule has 1 aromatic carbocycles. The van der Waals surface area contributed by atoms with E-state index < -0.39 is 6.04 Å². The van der Waals surface area contributed by atoms with Gasteiger partial charge in [-0.25, -0.2) is 0 Å². The van der Waals surface area contributed by atoms with Crippen molar-refractivity contribution in [2.24, 2.45) is 5.73 Å². The van der Waals surface area contributed by atoms with Crippen molar-refractivity contribution < 1.29 is 9.53 Å². The van der Waals surface area contributed by atoms with Crippen LogP contribution in [0.5, 0.6) is 0 Å². The summed E-state index contributed by atoms with van der Waals surface area (Å²) in [6, 6.07) is 11.7. The quantitative estimate of drug-likeness (QED) is 0.854. The van der Waals surface area contributed by atoms with E-state index in [2.05, 4.69) is 23.6 Å². The van der Waals surface area contributed by atoms with Crippen molar-refractivity contribution in [2.75, 3.05) is 6.61 Å². The van der Waals surface area contributed by atoms with Gasteiger partial charge in [0.1, 0.15) is 6.04 Å². The molecule has 1 aromatic heterocycles. The predicted molar refractivity (Wildman–Crippen MR) is 78.1 cm³/mol. The maximum absolute atomic E-state index is 11.5. The topological polar surface area (TPSA) is 52.3 Å². The molecule has 1 unspecified atom stereocenters. The third-order valence-electron chi connectivity index (χ3n) is 2.80. The van der Waals surface area contributed by atoms with E-state index in [0.717, 1.165) is 5.56 Å². The first-order valence-corrected chi connectivity index (χ1v) is 7.13. The molecule has 4 heteroatoms. The standard InChI is InChI=1S/C15H17NO2S/c1-2-18-15(17)13(16)10-11-5-7-12(8-6-11)14-4-3-9-19-14/h3-9,13H,2,10,16H2,1H3. The Morgan fingerprint density at radius 2 is 2.05 bits per heavy atom. The Hall–Kier alpha value is -1.65. The molecule has 2 aromatic rings. The van der Waals surface area contributed by atoms with Gasteiger partial charge in [0.25, 0.3) is 0 Å². The molecule has 0 radical (unpaired) electrons. The van der Waals surface area contributed by atoms with E-state index in [1.807, 2.05) is 18.2 Å². The fraction of sp³-hybridized carbons (Fsp3) is 0.267. The third kappa shape index (κ3) is 3.66. The van der Waals surface area contributed by atoms with Gasteiger partial charge in [-0.2, -0.15) is 0 Å². The van der Waals surface area contributed by atoms with E-state index in [1.165, 1.54) is 10.4 Å². The summed E-state index contributed by atoms with van der Waals surface area (Å²) >= 11 is 1.71. The zero-order valence-electron chi connectivity index (χ0n) is 10.8. The molecule has 0 amide bonds. The Labute approximate surface area is 117 Å². The number of carbonyl (C=O) groups excluding carboxylic acids is 1. The third-order valence-corrected chi connectivity index (χ3v) is 3.72. The monoisotopic (exact) mass is 275 g/mol. The molecule has 0 aliphatic carbocycles. The molecule has 0 saturated heterocycles. The maximum atomic E-state index is 11.5. The second-order valence-corrected chi connectivity index (χ2v) is 5.18. The van der Waals surface area contributed by atoms with Crippen LogP contribution in [-0.2, 0) is 16.0 Å². The van der Waals surface area contributed by atoms with Gasteiger partial charge in [0, 0.05) is 4.88 Å². The molecular formula is C15H17NO2S. The molecule has 0 spiro atoms. The molecule has 0 saturated carbocycles. The Morgan fingerprint density at radius 3 is 2.63 bits per heavy atom. The SMILES string of the molecule is CCOC(=O)C(N)Cc1ccc(-c2cccs2)cc1. The molecule has 2 rings (SSSR count). The molecule has 1 atom stereocenters. The molecule has 3 nitrogen and oxygen atoms in total. The van der Waals surface area contributed by atoms with Crippen molar-refractivity contribution in [3.8, 4) is 10.4 Å². The predicted octanol–water partition coefficient (Wildman–Crippen LogP) is 2.85. The Bertz CT molecular complexity index is 520. The average Bonchev–Trinajstić information content (AvgIpc) is 2.94. The van der Waals surface area contributed by atoms with E-state index in [9.17, 15) is 4.79 Å². The molecule has 2 N–H and O–H groups in total. The number of benzene rings is 1. The molecule has 0 aliphatic rings. The van der Waals surface area contributed by atoms with Crippen LogP contribution in [0.15, 0.2) is 41.8 Å². The highest BCUT2D eigenvalue weighted by atomic mass is 32.1. The zero-order valence-corrected chi connectivity index (χ0v) is 11.7. The lowest BCUT2D eigenvalue weighted by Crippen LogP contribution is -2.34. The normalized spacial score (nSPS) is 12.1. The van der Waals surface area contributed by atoms with Crippen LogP contribution in [0.4, 0.5) is 0 Å². The molecule has 19 heavy (non-hydrogen) atoms. The molecule has 100 valence electrons. The summed E-state index contributed by atoms with van der Waals surface area (Å²) < 4.78 is 4.90. The van der Waals surface area contributed by atoms with Crippen LogP contribution in [-0.4, -0.2) is 18.6 Å². The van der Waals surface area contributed by atoms with Crippen LogP contribution >= 0.6 is 11.3 Å². The number of thiophene rings is 1. The van der Waals surface area contributed by atoms with Gasteiger partial charge in [-0.3, -0.25) is 4.79 Å². The Morgan fingerprint density at radius 1 is 1.32 bits per heavy atom. The molecule has 0 bridgehead atoms. The van der Waals surface area contributed by atoms with Gasteiger partial charge >= 0.3 is 5.97 Å². The molecular weight excluding hydrogens is 258 g/mol. The van der Waals surface area contributed by atoms with E-state index in [4.69, 9.17) is 10.5 Å². The Kier molecular flexibility index (Phi) is 4.71. The number of ether oxygens (including phenoxy) is 1. The van der Waals surface area contributed by atoms with Crippen molar-refractivity contribution in [2.45, 2.75) is 19.4 Å². The van der Waals surface area contributed by atoms with Crippen molar-refractivity contribution in [3.05, 3.63) is 47.3 Å². The van der Waals surface area contributed by atoms with E-state index in [1.54, 1.807) is 18.3 Å². The molecule has 0 fully saturated rings. The lowest BCUT2D eigenvalue weighted by molar-refractivity contribution is -0.144. The van der Waals surface area contributed by atoms with Crippen LogP contribution in [0.3, 0.4) is 0 Å². The Balaban J connectivity index is 2.01. The van der Waals surface area contributed by atoms with Crippen molar-refractivity contribution in [1.29, 1.82) is 0 Å². The van der Waals surface area contributed by atoms with Crippen molar-refractivity contribution in [3.63, 3.8) is 0 Å². The minimum Gasteiger partial charge on any atom is -0.465 e. The lowest BCUT2D eigenvalue weighted by atomic mass is 10.0. The lowest BCUT2D eigenvalue weighted by Gasteiger charge is -2.10. The number of hydrogen-bond donors (Lipinski definition) is 1. The fourth-order valence-electron chi connectivity index (χ4n) is 1.83. The molecule has 1 heterocycles. The van der Waals surface area contributed by atoms with Crippen LogP contribution in [0.2, 0.25) is 0 Å². The second-order valence-electron chi connectivity index (χ2n) is 4.24. The number of carbonyl (C=O) groups is 1. The summed E-state index contributed by atoms with van der Waals surface area (Å²) in [5.74, 6) is -0.343. The summed E-state index contributed by atoms with van der Waals surface area (Å²) in [6.07, 6.45) is 0.504. The van der Waals surface area contributed by atoms with Crippen LogP contribution in [0, 0.1) is 0 Å². The summed E-state index contributed by atoms with van der Waals surface area (Å²) in [6.45, 7) is 2.14. The van der Waals surface area contributed by atoms with Crippen molar-refractivity contribution in [1.82, 2.24) is 0 Å². The van der Waals surface area contributed by atoms with Gasteiger partial charge < -0.3 is 10.5 Å². The molecule has 0 aliphatic heterocycles. The minimum absolute atomic E-state index is 0.343. The number of hydrogen-bond acceptors (Lipinski definition) is 4. The number of rotatable bonds is 5. The maximum Gasteiger partial charge on any atom is 0.323 e. The average molecular weight is 275 g/mol. The van der Waals surface area contributed by atoms with Gasteiger partial charge in [0.05, 0.1) is 6.61 Å². The minimum atomic E-state index is -0.590. The number of nitrogens with two attached hydrogens (primary N) is 1. The fourth-order valence-corrected chi connectivity index (χ4v) is 2.57. The van der Waals surface area contributed by atoms with Gasteiger partial charge in [-0.15, -0.1) is 11.3 Å². The largest absolute Gasteiger partial charge is 0.465 e. The highest BCUT2D eigenvalue weighted by molar-refractivity contribution is 7.13. The van der Waals surface area contributed by atoms with E-state index in [0.29, 0.717) is 13.0 Å². The summed E-state index contributed by atoms with van der Waals surface area (Å²) in [5.41, 5.74) is 8.02. The van der Waals surface area contributed by atoms with Crippen LogP contribution in [0.25, 0.3) is 10.4 Å². The first-order chi connectivity index (χ1) is 9.20. The first-order valence-electron chi connectivity index (χ1n) is 6.25. The van der Waals surface area contributed by atoms with Gasteiger partial charge in [-0.1, -0.05) is 30.3 Å². The second kappa shape index (κ2) is 6.50. The van der Waals surface area contributed by atoms with Gasteiger partial charge in [0.15, 0.2) is 0 Å². The highest BCUT2D eigenvalue weighted by Crippen LogP contribution is 2.24. The highest BCUT2D eigenvalue weighted by Gasteiger charge is 2.14.